The fourth-order valence-corrected chi connectivity index (χ4v) is 2.66. The predicted octanol–water partition coefficient (Wildman–Crippen LogP) is 2.55. The molecule has 1 saturated heterocycles. The minimum absolute atomic E-state index is 0.292. The minimum Gasteiger partial charge on any atom is -0.376 e. The van der Waals surface area contributed by atoms with Crippen LogP contribution in [0.15, 0.2) is 24.3 Å². The summed E-state index contributed by atoms with van der Waals surface area (Å²) in [5.41, 5.74) is 4.04. The number of fused-ring (bicyclic) bond motifs is 1. The Morgan fingerprint density at radius 1 is 1.20 bits per heavy atom. The number of ether oxygens (including phenoxy) is 1. The Balaban J connectivity index is 1.88. The molecular weight excluding hydrogens is 250 g/mol. The summed E-state index contributed by atoms with van der Waals surface area (Å²) in [7, 11) is 0. The number of aryl methyl sites for hydroxylation is 1. The van der Waals surface area contributed by atoms with Crippen molar-refractivity contribution in [2.45, 2.75) is 39.5 Å². The first-order chi connectivity index (χ1) is 9.63. The second-order valence-corrected chi connectivity index (χ2v) is 5.67. The smallest absolute Gasteiger partial charge is 0.0890 e. The van der Waals surface area contributed by atoms with Gasteiger partial charge in [-0.15, -0.1) is 0 Å². The van der Waals surface area contributed by atoms with E-state index < -0.39 is 0 Å². The molecule has 2 heterocycles. The van der Waals surface area contributed by atoms with Crippen molar-refractivity contribution in [2.24, 2.45) is 0 Å². The second kappa shape index (κ2) is 5.46. The molecule has 1 aliphatic rings. The SMILES string of the molecule is Cc1nc2ccccc2nc1CN1C[C@@H](C)OC[C@@H]1C. The van der Waals surface area contributed by atoms with Crippen LogP contribution in [-0.4, -0.2) is 40.2 Å². The van der Waals surface area contributed by atoms with E-state index in [1.165, 1.54) is 0 Å². The van der Waals surface area contributed by atoms with Crippen LogP contribution in [0.25, 0.3) is 11.0 Å². The number of morpholine rings is 1. The molecule has 20 heavy (non-hydrogen) atoms. The lowest BCUT2D eigenvalue weighted by molar-refractivity contribution is -0.0531. The molecule has 1 aromatic heterocycles. The molecule has 1 aliphatic heterocycles. The first-order valence-electron chi connectivity index (χ1n) is 7.21. The van der Waals surface area contributed by atoms with Crippen molar-refractivity contribution >= 4 is 11.0 Å². The number of benzene rings is 1. The molecule has 1 aromatic carbocycles. The van der Waals surface area contributed by atoms with Crippen molar-refractivity contribution in [1.82, 2.24) is 14.9 Å². The largest absolute Gasteiger partial charge is 0.376 e. The van der Waals surface area contributed by atoms with E-state index in [9.17, 15) is 0 Å². The van der Waals surface area contributed by atoms with Gasteiger partial charge in [0.1, 0.15) is 0 Å². The van der Waals surface area contributed by atoms with E-state index in [-0.39, 0.29) is 0 Å². The summed E-state index contributed by atoms with van der Waals surface area (Å²) in [4.78, 5) is 11.9. The van der Waals surface area contributed by atoms with Gasteiger partial charge in [0.2, 0.25) is 0 Å². The summed E-state index contributed by atoms with van der Waals surface area (Å²) in [6.07, 6.45) is 0.292. The molecule has 106 valence electrons. The monoisotopic (exact) mass is 271 g/mol. The Labute approximate surface area is 119 Å². The lowest BCUT2D eigenvalue weighted by Crippen LogP contribution is -2.46. The Morgan fingerprint density at radius 3 is 2.65 bits per heavy atom. The van der Waals surface area contributed by atoms with E-state index in [4.69, 9.17) is 9.72 Å². The molecule has 3 rings (SSSR count). The lowest BCUT2D eigenvalue weighted by Gasteiger charge is -2.36. The highest BCUT2D eigenvalue weighted by Gasteiger charge is 2.24. The van der Waals surface area contributed by atoms with Crippen LogP contribution in [0.2, 0.25) is 0 Å². The predicted molar refractivity (Wildman–Crippen MR) is 79.6 cm³/mol. The van der Waals surface area contributed by atoms with Gasteiger partial charge in [0.05, 0.1) is 35.1 Å². The molecule has 0 aliphatic carbocycles. The van der Waals surface area contributed by atoms with Crippen molar-refractivity contribution in [3.05, 3.63) is 35.7 Å². The third-order valence-electron chi connectivity index (χ3n) is 3.93. The topological polar surface area (TPSA) is 38.2 Å². The van der Waals surface area contributed by atoms with Gasteiger partial charge >= 0.3 is 0 Å². The fourth-order valence-electron chi connectivity index (χ4n) is 2.66. The Hall–Kier alpha value is -1.52. The molecular formula is C16H21N3O. The highest BCUT2D eigenvalue weighted by atomic mass is 16.5. The minimum atomic E-state index is 0.292. The first kappa shape index (κ1) is 13.5. The third kappa shape index (κ3) is 2.67. The molecule has 0 spiro atoms. The Bertz CT molecular complexity index is 614. The zero-order valence-corrected chi connectivity index (χ0v) is 12.3. The average Bonchev–Trinajstić information content (AvgIpc) is 2.43. The zero-order valence-electron chi connectivity index (χ0n) is 12.3. The van der Waals surface area contributed by atoms with Crippen LogP contribution in [0, 0.1) is 6.92 Å². The van der Waals surface area contributed by atoms with Crippen molar-refractivity contribution in [1.29, 1.82) is 0 Å². The standard InChI is InChI=1S/C16H21N3O/c1-11-10-20-12(2)8-19(11)9-16-13(3)17-14-6-4-5-7-15(14)18-16/h4-7,11-12H,8-10H2,1-3H3/t11-,12+/m0/s1. The maximum atomic E-state index is 5.68. The molecule has 0 radical (unpaired) electrons. The Morgan fingerprint density at radius 2 is 1.90 bits per heavy atom. The van der Waals surface area contributed by atoms with Gasteiger partial charge in [0.15, 0.2) is 0 Å². The molecule has 1 fully saturated rings. The van der Waals surface area contributed by atoms with Gasteiger partial charge in [-0.25, -0.2) is 9.97 Å². The summed E-state index contributed by atoms with van der Waals surface area (Å²) in [6.45, 7) is 8.96. The van der Waals surface area contributed by atoms with Crippen LogP contribution in [0.3, 0.4) is 0 Å². The van der Waals surface area contributed by atoms with Crippen molar-refractivity contribution in [3.63, 3.8) is 0 Å². The summed E-state index contributed by atoms with van der Waals surface area (Å²) >= 11 is 0. The van der Waals surface area contributed by atoms with Crippen LogP contribution in [0.4, 0.5) is 0 Å². The van der Waals surface area contributed by atoms with Gasteiger partial charge in [0, 0.05) is 19.1 Å². The van der Waals surface area contributed by atoms with E-state index in [0.717, 1.165) is 42.1 Å². The van der Waals surface area contributed by atoms with Gasteiger partial charge < -0.3 is 4.74 Å². The fraction of sp³-hybridized carbons (Fsp3) is 0.500. The van der Waals surface area contributed by atoms with Gasteiger partial charge in [-0.1, -0.05) is 12.1 Å². The molecule has 0 saturated carbocycles. The van der Waals surface area contributed by atoms with E-state index in [2.05, 4.69) is 23.7 Å². The van der Waals surface area contributed by atoms with Crippen LogP contribution in [0.1, 0.15) is 25.2 Å². The highest BCUT2D eigenvalue weighted by molar-refractivity contribution is 5.74. The first-order valence-corrected chi connectivity index (χ1v) is 7.21. The molecule has 0 bridgehead atoms. The van der Waals surface area contributed by atoms with Gasteiger partial charge in [-0.05, 0) is 32.9 Å². The molecule has 4 heteroatoms. The summed E-state index contributed by atoms with van der Waals surface area (Å²) in [5, 5.41) is 0. The third-order valence-corrected chi connectivity index (χ3v) is 3.93. The maximum Gasteiger partial charge on any atom is 0.0890 e. The van der Waals surface area contributed by atoms with Crippen LogP contribution >= 0.6 is 0 Å². The van der Waals surface area contributed by atoms with E-state index >= 15 is 0 Å². The number of hydrogen-bond donors (Lipinski definition) is 0. The lowest BCUT2D eigenvalue weighted by atomic mass is 10.1. The van der Waals surface area contributed by atoms with Crippen molar-refractivity contribution < 1.29 is 4.74 Å². The van der Waals surface area contributed by atoms with Crippen molar-refractivity contribution in [3.8, 4) is 0 Å². The molecule has 0 N–H and O–H groups in total. The van der Waals surface area contributed by atoms with Gasteiger partial charge in [-0.3, -0.25) is 4.90 Å². The average molecular weight is 271 g/mol. The second-order valence-electron chi connectivity index (χ2n) is 5.67. The normalized spacial score (nSPS) is 24.1. The van der Waals surface area contributed by atoms with Gasteiger partial charge in [0.25, 0.3) is 0 Å². The summed E-state index contributed by atoms with van der Waals surface area (Å²) in [6, 6.07) is 8.48. The van der Waals surface area contributed by atoms with Crippen molar-refractivity contribution in [2.75, 3.05) is 13.2 Å². The highest BCUT2D eigenvalue weighted by Crippen LogP contribution is 2.18. The number of rotatable bonds is 2. The molecule has 0 unspecified atom stereocenters. The summed E-state index contributed by atoms with van der Waals surface area (Å²) < 4.78 is 5.68. The zero-order chi connectivity index (χ0) is 14.1. The molecule has 2 atom stereocenters. The van der Waals surface area contributed by atoms with E-state index in [1.807, 2.05) is 31.2 Å². The Kier molecular flexibility index (Phi) is 3.68. The van der Waals surface area contributed by atoms with Crippen LogP contribution in [0.5, 0.6) is 0 Å². The quantitative estimate of drug-likeness (QED) is 0.841. The molecule has 0 amide bonds. The maximum absolute atomic E-state index is 5.68. The van der Waals surface area contributed by atoms with Crippen LogP contribution in [-0.2, 0) is 11.3 Å². The summed E-state index contributed by atoms with van der Waals surface area (Å²) in [5.74, 6) is 0. The number of nitrogens with zero attached hydrogens (tertiary/aromatic N) is 3. The molecule has 4 nitrogen and oxygen atoms in total. The number of para-hydroxylation sites is 2. The number of aromatic nitrogens is 2. The van der Waals surface area contributed by atoms with E-state index in [1.54, 1.807) is 0 Å². The van der Waals surface area contributed by atoms with E-state index in [0.29, 0.717) is 12.1 Å². The number of hydrogen-bond acceptors (Lipinski definition) is 4. The molecule has 2 aromatic rings. The van der Waals surface area contributed by atoms with Gasteiger partial charge in [-0.2, -0.15) is 0 Å². The van der Waals surface area contributed by atoms with Crippen LogP contribution < -0.4 is 0 Å².